The summed E-state index contributed by atoms with van der Waals surface area (Å²) in [6, 6.07) is 4.94. The largest absolute Gasteiger partial charge is 0.466 e. The lowest BCUT2D eigenvalue weighted by Crippen LogP contribution is -2.20. The summed E-state index contributed by atoms with van der Waals surface area (Å²) in [5.74, 6) is 1.65. The van der Waals surface area contributed by atoms with Gasteiger partial charge in [0.1, 0.15) is 17.3 Å². The molecule has 1 unspecified atom stereocenters. The van der Waals surface area contributed by atoms with Crippen LogP contribution < -0.4 is 5.32 Å². The van der Waals surface area contributed by atoms with Crippen molar-refractivity contribution in [1.29, 1.82) is 0 Å². The summed E-state index contributed by atoms with van der Waals surface area (Å²) in [4.78, 5) is 0. The highest BCUT2D eigenvalue weighted by Gasteiger charge is 2.22. The van der Waals surface area contributed by atoms with Gasteiger partial charge in [0.05, 0.1) is 6.04 Å². The third-order valence-electron chi connectivity index (χ3n) is 3.74. The predicted octanol–water partition coefficient (Wildman–Crippen LogP) is 3.96. The van der Waals surface area contributed by atoms with Crippen molar-refractivity contribution in [3.8, 4) is 0 Å². The average Bonchev–Trinajstić information content (AvgIpc) is 2.59. The van der Waals surface area contributed by atoms with E-state index in [1.165, 1.54) is 6.07 Å². The Morgan fingerprint density at radius 1 is 1.11 bits per heavy atom. The zero-order valence-electron chi connectivity index (χ0n) is 12.1. The molecule has 0 saturated heterocycles. The molecule has 2 aromatic rings. The van der Waals surface area contributed by atoms with E-state index in [0.717, 1.165) is 33.8 Å². The minimum Gasteiger partial charge on any atom is -0.466 e. The van der Waals surface area contributed by atoms with Crippen LogP contribution in [0.5, 0.6) is 0 Å². The summed E-state index contributed by atoms with van der Waals surface area (Å²) < 4.78 is 18.9. The Hall–Kier alpha value is -1.61. The number of aryl methyl sites for hydroxylation is 3. The van der Waals surface area contributed by atoms with E-state index in [0.29, 0.717) is 0 Å². The third-order valence-corrected chi connectivity index (χ3v) is 3.74. The zero-order valence-corrected chi connectivity index (χ0v) is 12.1. The van der Waals surface area contributed by atoms with Crippen LogP contribution >= 0.6 is 0 Å². The van der Waals surface area contributed by atoms with Crippen LogP contribution in [-0.2, 0) is 0 Å². The summed E-state index contributed by atoms with van der Waals surface area (Å²) >= 11 is 0. The summed E-state index contributed by atoms with van der Waals surface area (Å²) in [5, 5.41) is 3.31. The lowest BCUT2D eigenvalue weighted by Gasteiger charge is -2.19. The summed E-state index contributed by atoms with van der Waals surface area (Å²) in [7, 11) is 1.91. The van der Waals surface area contributed by atoms with Crippen LogP contribution in [0.25, 0.3) is 0 Å². The van der Waals surface area contributed by atoms with Crippen molar-refractivity contribution < 1.29 is 8.81 Å². The number of nitrogens with one attached hydrogen (secondary N) is 1. The first kappa shape index (κ1) is 13.8. The highest BCUT2D eigenvalue weighted by molar-refractivity contribution is 5.43. The second-order valence-electron chi connectivity index (χ2n) is 4.98. The van der Waals surface area contributed by atoms with E-state index in [1.807, 2.05) is 33.9 Å². The Morgan fingerprint density at radius 2 is 1.79 bits per heavy atom. The first-order chi connectivity index (χ1) is 8.95. The molecule has 1 aromatic carbocycles. The quantitative estimate of drug-likeness (QED) is 0.904. The molecule has 19 heavy (non-hydrogen) atoms. The van der Waals surface area contributed by atoms with Crippen LogP contribution in [0.4, 0.5) is 4.39 Å². The van der Waals surface area contributed by atoms with Gasteiger partial charge in [0, 0.05) is 5.56 Å². The van der Waals surface area contributed by atoms with Gasteiger partial charge in [0.25, 0.3) is 0 Å². The van der Waals surface area contributed by atoms with E-state index in [4.69, 9.17) is 4.42 Å². The molecule has 0 bridgehead atoms. The summed E-state index contributed by atoms with van der Waals surface area (Å²) in [5.41, 5.74) is 4.32. The molecular weight excluding hydrogens is 241 g/mol. The molecule has 1 aromatic heterocycles. The van der Waals surface area contributed by atoms with Gasteiger partial charge in [-0.05, 0) is 63.6 Å². The molecular formula is C16H20FNO. The molecule has 0 saturated carbocycles. The van der Waals surface area contributed by atoms with E-state index in [2.05, 4.69) is 12.2 Å². The monoisotopic (exact) mass is 261 g/mol. The Balaban J connectivity index is 2.56. The standard InChI is InChI=1S/C16H20FNO/c1-9-8-13(17)6-7-14(9)16(18-5)15-10(2)11(3)19-12(15)4/h6-8,16,18H,1-5H3. The number of furan rings is 1. The van der Waals surface area contributed by atoms with Gasteiger partial charge in [0.2, 0.25) is 0 Å². The van der Waals surface area contributed by atoms with Gasteiger partial charge in [-0.25, -0.2) is 4.39 Å². The normalized spacial score (nSPS) is 12.7. The van der Waals surface area contributed by atoms with Crippen molar-refractivity contribution in [2.75, 3.05) is 7.05 Å². The lowest BCUT2D eigenvalue weighted by atomic mass is 9.92. The fraction of sp³-hybridized carbons (Fsp3) is 0.375. The topological polar surface area (TPSA) is 25.2 Å². The van der Waals surface area contributed by atoms with Crippen LogP contribution in [0.2, 0.25) is 0 Å². The molecule has 102 valence electrons. The average molecular weight is 261 g/mol. The van der Waals surface area contributed by atoms with E-state index in [9.17, 15) is 4.39 Å². The molecule has 0 spiro atoms. The fourth-order valence-corrected chi connectivity index (χ4v) is 2.65. The van der Waals surface area contributed by atoms with E-state index in [-0.39, 0.29) is 11.9 Å². The first-order valence-corrected chi connectivity index (χ1v) is 6.45. The number of rotatable bonds is 3. The minimum absolute atomic E-state index is 0.0260. The Labute approximate surface area is 113 Å². The van der Waals surface area contributed by atoms with Crippen molar-refractivity contribution in [3.63, 3.8) is 0 Å². The van der Waals surface area contributed by atoms with E-state index in [1.54, 1.807) is 6.07 Å². The molecule has 0 aliphatic rings. The molecule has 0 amide bonds. The highest BCUT2D eigenvalue weighted by Crippen LogP contribution is 2.32. The zero-order chi connectivity index (χ0) is 14.2. The van der Waals surface area contributed by atoms with Crippen molar-refractivity contribution in [3.05, 3.63) is 57.8 Å². The highest BCUT2D eigenvalue weighted by atomic mass is 19.1. The molecule has 0 radical (unpaired) electrons. The van der Waals surface area contributed by atoms with Crippen molar-refractivity contribution in [1.82, 2.24) is 5.32 Å². The van der Waals surface area contributed by atoms with Gasteiger partial charge in [-0.2, -0.15) is 0 Å². The molecule has 2 rings (SSSR count). The number of hydrogen-bond acceptors (Lipinski definition) is 2. The second-order valence-corrected chi connectivity index (χ2v) is 4.98. The summed E-state index contributed by atoms with van der Waals surface area (Å²) in [6.07, 6.45) is 0. The number of halogens is 1. The maximum absolute atomic E-state index is 13.2. The molecule has 1 N–H and O–H groups in total. The van der Waals surface area contributed by atoms with E-state index < -0.39 is 0 Å². The fourth-order valence-electron chi connectivity index (χ4n) is 2.65. The molecule has 1 atom stereocenters. The predicted molar refractivity (Wildman–Crippen MR) is 75.0 cm³/mol. The Kier molecular flexibility index (Phi) is 3.76. The molecule has 0 aliphatic carbocycles. The summed E-state index contributed by atoms with van der Waals surface area (Å²) in [6.45, 7) is 7.93. The maximum Gasteiger partial charge on any atom is 0.123 e. The third kappa shape index (κ3) is 2.43. The van der Waals surface area contributed by atoms with Crippen molar-refractivity contribution in [2.45, 2.75) is 33.7 Å². The van der Waals surface area contributed by atoms with Gasteiger partial charge in [-0.1, -0.05) is 6.07 Å². The number of hydrogen-bond donors (Lipinski definition) is 1. The number of benzene rings is 1. The van der Waals surface area contributed by atoms with Crippen LogP contribution in [0.3, 0.4) is 0 Å². The Bertz CT molecular complexity index is 601. The van der Waals surface area contributed by atoms with Crippen LogP contribution in [0.15, 0.2) is 22.6 Å². The second kappa shape index (κ2) is 5.17. The van der Waals surface area contributed by atoms with E-state index >= 15 is 0 Å². The smallest absolute Gasteiger partial charge is 0.123 e. The van der Waals surface area contributed by atoms with Crippen LogP contribution in [-0.4, -0.2) is 7.05 Å². The van der Waals surface area contributed by atoms with Gasteiger partial charge >= 0.3 is 0 Å². The molecule has 3 heteroatoms. The van der Waals surface area contributed by atoms with Crippen LogP contribution in [0, 0.1) is 33.5 Å². The SMILES string of the molecule is CNC(c1ccc(F)cc1C)c1c(C)oc(C)c1C. The Morgan fingerprint density at radius 3 is 2.26 bits per heavy atom. The van der Waals surface area contributed by atoms with Crippen LogP contribution in [0.1, 0.15) is 39.8 Å². The van der Waals surface area contributed by atoms with Gasteiger partial charge < -0.3 is 9.73 Å². The molecule has 0 aliphatic heterocycles. The van der Waals surface area contributed by atoms with Crippen molar-refractivity contribution in [2.24, 2.45) is 0 Å². The van der Waals surface area contributed by atoms with Gasteiger partial charge in [-0.3, -0.25) is 0 Å². The van der Waals surface area contributed by atoms with Crippen molar-refractivity contribution >= 4 is 0 Å². The van der Waals surface area contributed by atoms with Gasteiger partial charge in [0.15, 0.2) is 0 Å². The van der Waals surface area contributed by atoms with Gasteiger partial charge in [-0.15, -0.1) is 0 Å². The molecule has 0 fully saturated rings. The molecule has 1 heterocycles. The molecule has 2 nitrogen and oxygen atoms in total. The minimum atomic E-state index is -0.201. The lowest BCUT2D eigenvalue weighted by molar-refractivity contribution is 0.495. The first-order valence-electron chi connectivity index (χ1n) is 6.45. The maximum atomic E-state index is 13.2.